The van der Waals surface area contributed by atoms with Crippen molar-refractivity contribution in [2.24, 2.45) is 0 Å². The van der Waals surface area contributed by atoms with Gasteiger partial charge in [0.15, 0.2) is 6.10 Å². The van der Waals surface area contributed by atoms with Gasteiger partial charge in [-0.3, -0.25) is 4.79 Å². The van der Waals surface area contributed by atoms with E-state index in [4.69, 9.17) is 9.47 Å². The molecule has 0 spiro atoms. The van der Waals surface area contributed by atoms with Crippen molar-refractivity contribution in [3.63, 3.8) is 0 Å². The highest BCUT2D eigenvalue weighted by atomic mass is 32.2. The molecule has 0 bridgehead atoms. The van der Waals surface area contributed by atoms with Crippen LogP contribution in [0.5, 0.6) is 0 Å². The van der Waals surface area contributed by atoms with Crippen LogP contribution < -0.4 is 5.32 Å². The van der Waals surface area contributed by atoms with Crippen LogP contribution in [0.25, 0.3) is 0 Å². The minimum atomic E-state index is -3.70. The molecule has 33 heavy (non-hydrogen) atoms. The molecule has 2 aromatic carbocycles. The highest BCUT2D eigenvalue weighted by Crippen LogP contribution is 2.21. The lowest BCUT2D eigenvalue weighted by atomic mass is 10.1. The van der Waals surface area contributed by atoms with Crippen molar-refractivity contribution in [1.82, 2.24) is 9.62 Å². The van der Waals surface area contributed by atoms with Gasteiger partial charge in [0.2, 0.25) is 10.0 Å². The molecule has 9 heteroatoms. The van der Waals surface area contributed by atoms with Crippen LogP contribution in [0.3, 0.4) is 0 Å². The van der Waals surface area contributed by atoms with Gasteiger partial charge in [-0.2, -0.15) is 4.31 Å². The summed E-state index contributed by atoms with van der Waals surface area (Å²) in [6.07, 6.45) is -0.701. The van der Waals surface area contributed by atoms with Crippen molar-refractivity contribution in [1.29, 1.82) is 0 Å². The molecule has 1 amide bonds. The van der Waals surface area contributed by atoms with E-state index < -0.39 is 28.0 Å². The number of amides is 1. The third kappa shape index (κ3) is 6.63. The van der Waals surface area contributed by atoms with E-state index in [1.54, 1.807) is 0 Å². The monoisotopic (exact) mass is 474 g/mol. The van der Waals surface area contributed by atoms with Crippen molar-refractivity contribution >= 4 is 21.9 Å². The second-order valence-corrected chi connectivity index (χ2v) is 10.1. The van der Waals surface area contributed by atoms with E-state index in [9.17, 15) is 18.0 Å². The van der Waals surface area contributed by atoms with Crippen LogP contribution in [0.4, 0.5) is 0 Å². The number of carbonyl (C=O) groups excluding carboxylic acids is 2. The smallest absolute Gasteiger partial charge is 0.338 e. The molecule has 1 saturated heterocycles. The maximum absolute atomic E-state index is 12.9. The lowest BCUT2D eigenvalue weighted by Gasteiger charge is -2.34. The largest absolute Gasteiger partial charge is 0.449 e. The van der Waals surface area contributed by atoms with Crippen molar-refractivity contribution in [3.05, 3.63) is 65.7 Å². The summed E-state index contributed by atoms with van der Waals surface area (Å²) in [5.74, 6) is -1.09. The predicted octanol–water partition coefficient (Wildman–Crippen LogP) is 2.39. The molecule has 1 fully saturated rings. The minimum absolute atomic E-state index is 0.0899. The average Bonchev–Trinajstić information content (AvgIpc) is 2.79. The zero-order valence-corrected chi connectivity index (χ0v) is 19.9. The number of ether oxygens (including phenoxy) is 2. The van der Waals surface area contributed by atoms with Gasteiger partial charge in [0.25, 0.3) is 5.91 Å². The molecule has 2 aromatic rings. The fraction of sp³-hybridized carbons (Fsp3) is 0.417. The molecule has 1 N–H and O–H groups in total. The SMILES string of the molecule is CC1CN(S(=O)(=O)c2ccc(C(=O)OC(C)C(=O)NCCc3ccccc3)cc2)CC(C)O1. The van der Waals surface area contributed by atoms with Crippen LogP contribution in [-0.4, -0.2) is 62.5 Å². The van der Waals surface area contributed by atoms with E-state index in [0.29, 0.717) is 13.0 Å². The first-order chi connectivity index (χ1) is 15.7. The van der Waals surface area contributed by atoms with Crippen LogP contribution in [0, 0.1) is 0 Å². The Morgan fingerprint density at radius 1 is 1.06 bits per heavy atom. The van der Waals surface area contributed by atoms with Gasteiger partial charge in [0.1, 0.15) is 0 Å². The van der Waals surface area contributed by atoms with E-state index in [-0.39, 0.29) is 35.8 Å². The second-order valence-electron chi connectivity index (χ2n) is 8.18. The summed E-state index contributed by atoms with van der Waals surface area (Å²) in [4.78, 5) is 24.7. The normalized spacial score (nSPS) is 20.1. The van der Waals surface area contributed by atoms with E-state index in [2.05, 4.69) is 5.32 Å². The van der Waals surface area contributed by atoms with Gasteiger partial charge >= 0.3 is 5.97 Å². The summed E-state index contributed by atoms with van der Waals surface area (Å²) < 4.78 is 38.1. The molecule has 0 radical (unpaired) electrons. The highest BCUT2D eigenvalue weighted by Gasteiger charge is 2.32. The molecule has 0 saturated carbocycles. The Labute approximate surface area is 194 Å². The number of benzene rings is 2. The van der Waals surface area contributed by atoms with Crippen LogP contribution in [0.2, 0.25) is 0 Å². The number of nitrogens with zero attached hydrogens (tertiary/aromatic N) is 1. The Kier molecular flexibility index (Phi) is 8.23. The standard InChI is InChI=1S/C24H30N2O6S/c1-17-15-26(16-18(2)31-17)33(29,30)22-11-9-21(10-12-22)24(28)32-19(3)23(27)25-14-13-20-7-5-4-6-8-20/h4-12,17-19H,13-16H2,1-3H3,(H,25,27). The van der Waals surface area contributed by atoms with E-state index in [1.807, 2.05) is 44.2 Å². The van der Waals surface area contributed by atoms with Gasteiger partial charge in [0.05, 0.1) is 22.7 Å². The number of nitrogens with one attached hydrogen (secondary N) is 1. The maximum Gasteiger partial charge on any atom is 0.338 e. The Bertz CT molecular complexity index is 1050. The average molecular weight is 475 g/mol. The first-order valence-electron chi connectivity index (χ1n) is 10.9. The van der Waals surface area contributed by atoms with Crippen LogP contribution in [-0.2, 0) is 30.7 Å². The number of hydrogen-bond donors (Lipinski definition) is 1. The lowest BCUT2D eigenvalue weighted by Crippen LogP contribution is -2.48. The fourth-order valence-electron chi connectivity index (χ4n) is 3.64. The summed E-state index contributed by atoms with van der Waals surface area (Å²) in [6.45, 7) is 6.12. The van der Waals surface area contributed by atoms with Crippen LogP contribution >= 0.6 is 0 Å². The molecule has 1 heterocycles. The third-order valence-electron chi connectivity index (χ3n) is 5.32. The third-order valence-corrected chi connectivity index (χ3v) is 7.17. The fourth-order valence-corrected chi connectivity index (χ4v) is 5.23. The summed E-state index contributed by atoms with van der Waals surface area (Å²) in [5.41, 5.74) is 1.26. The number of carbonyl (C=O) groups is 2. The van der Waals surface area contributed by atoms with E-state index in [1.165, 1.54) is 35.5 Å². The first kappa shape index (κ1) is 24.9. The van der Waals surface area contributed by atoms with Crippen molar-refractivity contribution in [2.45, 2.75) is 50.4 Å². The molecule has 3 rings (SSSR count). The molecule has 0 aliphatic carbocycles. The lowest BCUT2D eigenvalue weighted by molar-refractivity contribution is -0.129. The first-order valence-corrected chi connectivity index (χ1v) is 12.4. The zero-order valence-electron chi connectivity index (χ0n) is 19.1. The van der Waals surface area contributed by atoms with E-state index >= 15 is 0 Å². The quantitative estimate of drug-likeness (QED) is 0.590. The van der Waals surface area contributed by atoms with Gasteiger partial charge in [-0.05, 0) is 57.0 Å². The van der Waals surface area contributed by atoms with Gasteiger partial charge in [-0.15, -0.1) is 0 Å². The van der Waals surface area contributed by atoms with Gasteiger partial charge < -0.3 is 14.8 Å². The Morgan fingerprint density at radius 3 is 2.27 bits per heavy atom. The number of hydrogen-bond acceptors (Lipinski definition) is 6. The molecule has 178 valence electrons. The summed E-state index contributed by atoms with van der Waals surface area (Å²) in [6, 6.07) is 15.3. The second kappa shape index (κ2) is 10.9. The number of morpholine rings is 1. The Morgan fingerprint density at radius 2 is 1.67 bits per heavy atom. The predicted molar refractivity (Wildman–Crippen MR) is 123 cm³/mol. The molecule has 3 atom stereocenters. The minimum Gasteiger partial charge on any atom is -0.449 e. The molecular weight excluding hydrogens is 444 g/mol. The van der Waals surface area contributed by atoms with Gasteiger partial charge in [0, 0.05) is 19.6 Å². The number of rotatable bonds is 8. The number of esters is 1. The summed E-state index contributed by atoms with van der Waals surface area (Å²) in [7, 11) is -3.70. The Hall–Kier alpha value is -2.75. The van der Waals surface area contributed by atoms with Crippen molar-refractivity contribution in [3.8, 4) is 0 Å². The topological polar surface area (TPSA) is 102 Å². The van der Waals surface area contributed by atoms with Gasteiger partial charge in [-0.25, -0.2) is 13.2 Å². The maximum atomic E-state index is 12.9. The van der Waals surface area contributed by atoms with Gasteiger partial charge in [-0.1, -0.05) is 30.3 Å². The van der Waals surface area contributed by atoms with Crippen molar-refractivity contribution in [2.75, 3.05) is 19.6 Å². The summed E-state index contributed by atoms with van der Waals surface area (Å²) in [5, 5.41) is 2.75. The molecule has 3 unspecified atom stereocenters. The molecule has 0 aromatic heterocycles. The Balaban J connectivity index is 1.54. The highest BCUT2D eigenvalue weighted by molar-refractivity contribution is 7.89. The van der Waals surface area contributed by atoms with Crippen LogP contribution in [0.1, 0.15) is 36.7 Å². The molecule has 8 nitrogen and oxygen atoms in total. The molecule has 1 aliphatic rings. The van der Waals surface area contributed by atoms with Crippen LogP contribution in [0.15, 0.2) is 59.5 Å². The molecule has 1 aliphatic heterocycles. The van der Waals surface area contributed by atoms with E-state index in [0.717, 1.165) is 5.56 Å². The van der Waals surface area contributed by atoms with Crippen molar-refractivity contribution < 1.29 is 27.5 Å². The zero-order chi connectivity index (χ0) is 24.0. The number of sulfonamides is 1. The summed E-state index contributed by atoms with van der Waals surface area (Å²) >= 11 is 0. The molecular formula is C24H30N2O6S.